The van der Waals surface area contributed by atoms with Crippen LogP contribution in [-0.2, 0) is 6.54 Å². The van der Waals surface area contributed by atoms with Gasteiger partial charge in [0.15, 0.2) is 5.82 Å². The minimum Gasteiger partial charge on any atom is -0.334 e. The van der Waals surface area contributed by atoms with E-state index in [9.17, 15) is 9.18 Å². The van der Waals surface area contributed by atoms with Crippen molar-refractivity contribution >= 4 is 33.2 Å². The number of hydrogen-bond donors (Lipinski definition) is 2. The molecular weight excluding hydrogens is 397 g/mol. The van der Waals surface area contributed by atoms with Crippen LogP contribution >= 0.6 is 22.9 Å². The first-order valence-corrected chi connectivity index (χ1v) is 10.1. The van der Waals surface area contributed by atoms with Crippen molar-refractivity contribution < 1.29 is 9.71 Å². The summed E-state index contributed by atoms with van der Waals surface area (Å²) < 4.78 is 13.2. The maximum Gasteiger partial charge on any atom is 0.260 e. The molecule has 0 bridgehead atoms. The summed E-state index contributed by atoms with van der Waals surface area (Å²) in [5.74, 6) is 0.320. The lowest BCUT2D eigenvalue weighted by atomic mass is 10.1. The maximum absolute atomic E-state index is 13.2. The highest BCUT2D eigenvalue weighted by Crippen LogP contribution is 2.30. The van der Waals surface area contributed by atoms with Crippen LogP contribution in [0.2, 0.25) is 5.02 Å². The average molecular weight is 415 g/mol. The van der Waals surface area contributed by atoms with Gasteiger partial charge in [-0.2, -0.15) is 0 Å². The van der Waals surface area contributed by atoms with Crippen molar-refractivity contribution in [1.29, 1.82) is 0 Å². The molecule has 1 atom stereocenters. The van der Waals surface area contributed by atoms with Gasteiger partial charge >= 0.3 is 0 Å². The number of halogens is 2. The Hall–Kier alpha value is -2.54. The van der Waals surface area contributed by atoms with Crippen LogP contribution in [0.4, 0.5) is 4.39 Å². The van der Waals surface area contributed by atoms with Crippen molar-refractivity contribution in [2.45, 2.75) is 19.5 Å². The van der Waals surface area contributed by atoms with Crippen LogP contribution < -0.4 is 10.9 Å². The van der Waals surface area contributed by atoms with Gasteiger partial charge in [0.25, 0.3) is 5.56 Å². The van der Waals surface area contributed by atoms with Gasteiger partial charge in [0.05, 0.1) is 5.39 Å². The van der Waals surface area contributed by atoms with E-state index in [1.807, 2.05) is 29.6 Å². The summed E-state index contributed by atoms with van der Waals surface area (Å²) in [5.41, 5.74) is 2.51. The van der Waals surface area contributed by atoms with Crippen molar-refractivity contribution in [3.63, 3.8) is 0 Å². The highest BCUT2D eigenvalue weighted by Gasteiger charge is 2.15. The quantitative estimate of drug-likeness (QED) is 0.512. The van der Waals surface area contributed by atoms with Gasteiger partial charge in [0.1, 0.15) is 23.2 Å². The lowest BCUT2D eigenvalue weighted by Crippen LogP contribution is -2.83. The van der Waals surface area contributed by atoms with Gasteiger partial charge in [-0.15, -0.1) is 11.3 Å². The summed E-state index contributed by atoms with van der Waals surface area (Å²) >= 11 is 7.48. The Labute approximate surface area is 170 Å². The highest BCUT2D eigenvalue weighted by molar-refractivity contribution is 7.17. The smallest absolute Gasteiger partial charge is 0.260 e. The molecule has 0 aliphatic heterocycles. The number of quaternary nitrogens is 1. The van der Waals surface area contributed by atoms with Crippen molar-refractivity contribution in [2.24, 2.45) is 0 Å². The number of nitrogens with zero attached hydrogens (tertiary/aromatic N) is 1. The molecule has 0 aliphatic rings. The number of hydrogen-bond acceptors (Lipinski definition) is 3. The van der Waals surface area contributed by atoms with E-state index >= 15 is 0 Å². The van der Waals surface area contributed by atoms with Gasteiger partial charge in [-0.05, 0) is 36.8 Å². The highest BCUT2D eigenvalue weighted by atomic mass is 35.5. The molecule has 2 heterocycles. The molecule has 0 fully saturated rings. The van der Waals surface area contributed by atoms with E-state index in [1.54, 1.807) is 12.1 Å². The van der Waals surface area contributed by atoms with Crippen LogP contribution in [0.25, 0.3) is 21.3 Å². The second-order valence-electron chi connectivity index (χ2n) is 6.63. The molecule has 28 heavy (non-hydrogen) atoms. The van der Waals surface area contributed by atoms with Gasteiger partial charge in [-0.3, -0.25) is 4.79 Å². The van der Waals surface area contributed by atoms with Crippen LogP contribution in [0.15, 0.2) is 58.7 Å². The predicted octanol–water partition coefficient (Wildman–Crippen LogP) is 4.27. The van der Waals surface area contributed by atoms with Crippen LogP contribution in [0.1, 0.15) is 24.4 Å². The van der Waals surface area contributed by atoms with Crippen LogP contribution in [0.5, 0.6) is 0 Å². The SMILES string of the molecule is C[C@H]([NH2+]Cc1nc2scc(-c3ccc(F)cc3)c2c(=O)[nH]1)c1cccc(Cl)c1. The molecule has 4 rings (SSSR count). The number of aromatic amines is 1. The Morgan fingerprint density at radius 2 is 2.04 bits per heavy atom. The third-order valence-electron chi connectivity index (χ3n) is 4.69. The fraction of sp³-hybridized carbons (Fsp3) is 0.143. The van der Waals surface area contributed by atoms with Crippen molar-refractivity contribution in [3.05, 3.63) is 86.5 Å². The minimum absolute atomic E-state index is 0.176. The van der Waals surface area contributed by atoms with E-state index < -0.39 is 0 Å². The summed E-state index contributed by atoms with van der Waals surface area (Å²) in [4.78, 5) is 20.9. The second kappa shape index (κ2) is 7.83. The molecule has 2 aromatic carbocycles. The zero-order valence-electron chi connectivity index (χ0n) is 15.1. The minimum atomic E-state index is -0.304. The third kappa shape index (κ3) is 3.85. The summed E-state index contributed by atoms with van der Waals surface area (Å²) in [6.07, 6.45) is 0. The van der Waals surface area contributed by atoms with E-state index in [1.165, 1.54) is 23.5 Å². The lowest BCUT2D eigenvalue weighted by Gasteiger charge is -2.11. The second-order valence-corrected chi connectivity index (χ2v) is 7.93. The lowest BCUT2D eigenvalue weighted by molar-refractivity contribution is -0.708. The van der Waals surface area contributed by atoms with Gasteiger partial charge in [0, 0.05) is 21.5 Å². The van der Waals surface area contributed by atoms with Crippen molar-refractivity contribution in [3.8, 4) is 11.1 Å². The summed E-state index contributed by atoms with van der Waals surface area (Å²) in [6.45, 7) is 2.63. The molecule has 3 N–H and O–H groups in total. The molecule has 2 aromatic heterocycles. The van der Waals surface area contributed by atoms with Crippen LogP contribution in [0.3, 0.4) is 0 Å². The fourth-order valence-corrected chi connectivity index (χ4v) is 4.31. The number of H-pyrrole nitrogens is 1. The standard InChI is InChI=1S/C21H17ClFN3OS/c1-12(14-3-2-4-15(22)9-14)24-10-18-25-20(27)19-17(11-28-21(19)26-18)13-5-7-16(23)8-6-13/h2-9,11-12,24H,10H2,1H3,(H,25,26,27)/p+1/t12-/m0/s1. The van der Waals surface area contributed by atoms with Crippen LogP contribution in [-0.4, -0.2) is 9.97 Å². The molecule has 0 spiro atoms. The Morgan fingerprint density at radius 1 is 1.25 bits per heavy atom. The number of aromatic nitrogens is 2. The van der Waals surface area contributed by atoms with Gasteiger partial charge < -0.3 is 10.3 Å². The Balaban J connectivity index is 1.58. The molecule has 0 aliphatic carbocycles. The fourth-order valence-electron chi connectivity index (χ4n) is 3.15. The molecule has 0 saturated heterocycles. The predicted molar refractivity (Wildman–Crippen MR) is 111 cm³/mol. The first kappa shape index (κ1) is 18.8. The first-order valence-electron chi connectivity index (χ1n) is 8.86. The zero-order valence-corrected chi connectivity index (χ0v) is 16.7. The molecule has 4 aromatic rings. The van der Waals surface area contributed by atoms with E-state index in [2.05, 4.69) is 22.2 Å². The third-order valence-corrected chi connectivity index (χ3v) is 5.79. The molecule has 142 valence electrons. The first-order chi connectivity index (χ1) is 13.5. The largest absolute Gasteiger partial charge is 0.334 e. The van der Waals surface area contributed by atoms with Gasteiger partial charge in [-0.25, -0.2) is 9.37 Å². The number of rotatable bonds is 5. The van der Waals surface area contributed by atoms with Gasteiger partial charge in [-0.1, -0.05) is 35.9 Å². The topological polar surface area (TPSA) is 62.4 Å². The number of benzene rings is 2. The van der Waals surface area contributed by atoms with Crippen molar-refractivity contribution in [2.75, 3.05) is 0 Å². The average Bonchev–Trinajstić information content (AvgIpc) is 3.11. The maximum atomic E-state index is 13.2. The van der Waals surface area contributed by atoms with E-state index in [4.69, 9.17) is 11.6 Å². The number of fused-ring (bicyclic) bond motifs is 1. The molecule has 0 radical (unpaired) electrons. The Bertz CT molecular complexity index is 1190. The molecule has 7 heteroatoms. The van der Waals surface area contributed by atoms with Crippen LogP contribution in [0, 0.1) is 5.82 Å². The van der Waals surface area contributed by atoms with E-state index in [0.717, 1.165) is 16.7 Å². The monoisotopic (exact) mass is 414 g/mol. The molecule has 0 saturated carbocycles. The molecule has 4 nitrogen and oxygen atoms in total. The van der Waals surface area contributed by atoms with Gasteiger partial charge in [0.2, 0.25) is 0 Å². The molecule has 0 amide bonds. The van der Waals surface area contributed by atoms with E-state index in [-0.39, 0.29) is 17.4 Å². The molecular formula is C21H18ClFN3OS+. The summed E-state index contributed by atoms with van der Waals surface area (Å²) in [7, 11) is 0. The normalized spacial score (nSPS) is 12.4. The van der Waals surface area contributed by atoms with Crippen molar-refractivity contribution in [1.82, 2.24) is 9.97 Å². The Morgan fingerprint density at radius 3 is 2.79 bits per heavy atom. The van der Waals surface area contributed by atoms with E-state index in [0.29, 0.717) is 27.6 Å². The number of thiophene rings is 1. The Kier molecular flexibility index (Phi) is 5.26. The summed E-state index contributed by atoms with van der Waals surface area (Å²) in [5, 5.41) is 5.24. The summed E-state index contributed by atoms with van der Waals surface area (Å²) in [6, 6.07) is 14.0. The number of nitrogens with one attached hydrogen (secondary N) is 1. The number of nitrogens with two attached hydrogens (primary N) is 1. The molecule has 0 unspecified atom stereocenters. The zero-order chi connectivity index (χ0) is 19.7.